The molecule has 7 nitrogen and oxygen atoms in total. The summed E-state index contributed by atoms with van der Waals surface area (Å²) in [5.41, 5.74) is -1.97. The van der Waals surface area contributed by atoms with Crippen LogP contribution in [0.2, 0.25) is 0 Å². The van der Waals surface area contributed by atoms with Crippen molar-refractivity contribution in [3.8, 4) is 11.1 Å². The van der Waals surface area contributed by atoms with Gasteiger partial charge in [0.1, 0.15) is 19.6 Å². The van der Waals surface area contributed by atoms with Gasteiger partial charge < -0.3 is 9.80 Å². The SMILES string of the molecule is O=C1CN1c1cc(N2CC2=O)c(N2CC2=O)cc1-c1ccccc1N(c1ccccc1C(F)(F)F)c1ccccc1C(F)(F)F. The van der Waals surface area contributed by atoms with Gasteiger partial charge in [0.2, 0.25) is 17.7 Å². The van der Waals surface area contributed by atoms with E-state index in [0.717, 1.165) is 41.3 Å². The molecule has 0 bridgehead atoms. The van der Waals surface area contributed by atoms with Gasteiger partial charge in [0.15, 0.2) is 0 Å². The summed E-state index contributed by atoms with van der Waals surface area (Å²) in [6, 6.07) is 17.8. The number of carbonyl (C=O) groups is 3. The average molecular weight is 623 g/mol. The summed E-state index contributed by atoms with van der Waals surface area (Å²) in [7, 11) is 0. The first-order valence-electron chi connectivity index (χ1n) is 13.7. The van der Waals surface area contributed by atoms with Crippen LogP contribution >= 0.6 is 0 Å². The van der Waals surface area contributed by atoms with E-state index in [1.165, 1.54) is 45.0 Å². The number of benzene rings is 4. The minimum Gasteiger partial charge on any atom is -0.309 e. The Morgan fingerprint density at radius 2 is 0.867 bits per heavy atom. The largest absolute Gasteiger partial charge is 0.418 e. The minimum absolute atomic E-state index is 0.0159. The van der Waals surface area contributed by atoms with E-state index in [-0.39, 0.29) is 54.2 Å². The fourth-order valence-corrected chi connectivity index (χ4v) is 5.50. The van der Waals surface area contributed by atoms with Crippen molar-refractivity contribution in [3.63, 3.8) is 0 Å². The van der Waals surface area contributed by atoms with Crippen molar-refractivity contribution in [2.45, 2.75) is 12.4 Å². The number of alkyl halides is 6. The van der Waals surface area contributed by atoms with Crippen LogP contribution in [0.4, 0.5) is 60.5 Å². The molecule has 0 radical (unpaired) electrons. The number of carbonyl (C=O) groups excluding carboxylic acids is 3. The van der Waals surface area contributed by atoms with Crippen molar-refractivity contribution in [1.29, 1.82) is 0 Å². The van der Waals surface area contributed by atoms with Gasteiger partial charge in [0, 0.05) is 11.1 Å². The summed E-state index contributed by atoms with van der Waals surface area (Å²) in [5, 5.41) is 0. The molecule has 3 saturated heterocycles. The maximum Gasteiger partial charge on any atom is 0.418 e. The second-order valence-corrected chi connectivity index (χ2v) is 10.7. The Kier molecular flexibility index (Phi) is 6.22. The molecule has 4 aromatic carbocycles. The fraction of sp³-hybridized carbons (Fsp3) is 0.156. The van der Waals surface area contributed by atoms with Gasteiger partial charge in [-0.15, -0.1) is 0 Å². The zero-order chi connectivity index (χ0) is 31.8. The normalized spacial score (nSPS) is 16.0. The highest BCUT2D eigenvalue weighted by Gasteiger charge is 2.44. The summed E-state index contributed by atoms with van der Waals surface area (Å²) in [6.45, 7) is 0.165. The number of hydrogen-bond acceptors (Lipinski definition) is 4. The molecule has 13 heteroatoms. The highest BCUT2D eigenvalue weighted by atomic mass is 19.4. The van der Waals surface area contributed by atoms with Gasteiger partial charge >= 0.3 is 12.4 Å². The van der Waals surface area contributed by atoms with E-state index in [9.17, 15) is 40.7 Å². The van der Waals surface area contributed by atoms with Crippen LogP contribution in [0.5, 0.6) is 0 Å². The molecule has 3 aliphatic heterocycles. The van der Waals surface area contributed by atoms with E-state index in [0.29, 0.717) is 17.1 Å². The molecule has 45 heavy (non-hydrogen) atoms. The van der Waals surface area contributed by atoms with E-state index >= 15 is 0 Å². The van der Waals surface area contributed by atoms with Crippen LogP contribution in [0.25, 0.3) is 11.1 Å². The summed E-state index contributed by atoms with van der Waals surface area (Å²) < 4.78 is 86.4. The molecule has 0 aromatic heterocycles. The number of halogens is 6. The Morgan fingerprint density at radius 1 is 0.489 bits per heavy atom. The van der Waals surface area contributed by atoms with Gasteiger partial charge in [0.05, 0.1) is 45.3 Å². The van der Waals surface area contributed by atoms with Crippen molar-refractivity contribution in [3.05, 3.63) is 96.1 Å². The lowest BCUT2D eigenvalue weighted by molar-refractivity contribution is -0.137. The molecule has 0 saturated carbocycles. The third kappa shape index (κ3) is 5.03. The number of hydrogen-bond donors (Lipinski definition) is 0. The lowest BCUT2D eigenvalue weighted by atomic mass is 9.97. The predicted octanol–water partition coefficient (Wildman–Crippen LogP) is 6.90. The summed E-state index contributed by atoms with van der Waals surface area (Å²) >= 11 is 0. The van der Waals surface area contributed by atoms with Crippen LogP contribution in [0.15, 0.2) is 84.9 Å². The Balaban J connectivity index is 1.52. The first-order valence-corrected chi connectivity index (χ1v) is 13.7. The third-order valence-electron chi connectivity index (χ3n) is 7.77. The molecule has 0 N–H and O–H groups in total. The zero-order valence-electron chi connectivity index (χ0n) is 23.0. The first-order chi connectivity index (χ1) is 21.3. The van der Waals surface area contributed by atoms with E-state index in [1.807, 2.05) is 0 Å². The highest BCUT2D eigenvalue weighted by molar-refractivity contribution is 6.22. The molecule has 3 fully saturated rings. The van der Waals surface area contributed by atoms with Crippen LogP contribution in [0.1, 0.15) is 11.1 Å². The molecular formula is C32H20F6N4O3. The number of rotatable bonds is 7. The van der Waals surface area contributed by atoms with E-state index < -0.39 is 34.9 Å². The van der Waals surface area contributed by atoms with E-state index in [2.05, 4.69) is 0 Å². The van der Waals surface area contributed by atoms with Crippen molar-refractivity contribution >= 4 is 51.8 Å². The third-order valence-corrected chi connectivity index (χ3v) is 7.77. The molecule has 0 atom stereocenters. The average Bonchev–Trinajstić information content (AvgIpc) is 3.94. The van der Waals surface area contributed by atoms with Crippen molar-refractivity contribution in [2.75, 3.05) is 39.2 Å². The highest BCUT2D eigenvalue weighted by Crippen LogP contribution is 2.52. The number of amides is 3. The van der Waals surface area contributed by atoms with Crippen molar-refractivity contribution in [2.24, 2.45) is 0 Å². The lowest BCUT2D eigenvalue weighted by Crippen LogP contribution is -2.20. The number of nitrogens with zero attached hydrogens (tertiary/aromatic N) is 4. The molecule has 228 valence electrons. The standard InChI is InChI=1S/C32H20F6N4O3/c33-31(34,35)20-8-2-5-11-23(20)42(24-12-6-3-9-21(24)32(36,37)38)22-10-4-1-7-18(22)19-13-26(40-16-29(40)44)27(41-17-30(41)45)14-25(19)39-15-28(39)43/h1-14H,15-17H2. The van der Waals surface area contributed by atoms with Crippen molar-refractivity contribution in [1.82, 2.24) is 0 Å². The summed E-state index contributed by atoms with van der Waals surface area (Å²) in [4.78, 5) is 41.9. The molecule has 7 rings (SSSR count). The maximum absolute atomic E-state index is 14.4. The van der Waals surface area contributed by atoms with E-state index in [4.69, 9.17) is 0 Å². The van der Waals surface area contributed by atoms with Gasteiger partial charge in [-0.25, -0.2) is 0 Å². The molecule has 0 spiro atoms. The quantitative estimate of drug-likeness (QED) is 0.166. The van der Waals surface area contributed by atoms with Gasteiger partial charge in [-0.2, -0.15) is 26.3 Å². The smallest absolute Gasteiger partial charge is 0.309 e. The molecule has 3 amide bonds. The summed E-state index contributed by atoms with van der Waals surface area (Å²) in [6.07, 6.45) is -9.85. The van der Waals surface area contributed by atoms with Gasteiger partial charge in [-0.05, 0) is 42.5 Å². The predicted molar refractivity (Wildman–Crippen MR) is 154 cm³/mol. The van der Waals surface area contributed by atoms with Crippen LogP contribution in [0, 0.1) is 0 Å². The fourth-order valence-electron chi connectivity index (χ4n) is 5.50. The second kappa shape index (κ2) is 9.84. The van der Waals surface area contributed by atoms with Crippen LogP contribution < -0.4 is 19.6 Å². The lowest BCUT2D eigenvalue weighted by Gasteiger charge is -2.32. The van der Waals surface area contributed by atoms with Gasteiger partial charge in [0.25, 0.3) is 0 Å². The van der Waals surface area contributed by atoms with Crippen LogP contribution in [0.3, 0.4) is 0 Å². The Hall–Kier alpha value is -5.33. The van der Waals surface area contributed by atoms with Crippen LogP contribution in [-0.2, 0) is 26.7 Å². The Bertz CT molecular complexity index is 1860. The molecule has 0 aliphatic carbocycles. The van der Waals surface area contributed by atoms with E-state index in [1.54, 1.807) is 18.2 Å². The minimum atomic E-state index is -4.92. The monoisotopic (exact) mass is 622 g/mol. The molecule has 0 unspecified atom stereocenters. The van der Waals surface area contributed by atoms with Gasteiger partial charge in [-0.3, -0.25) is 24.2 Å². The Labute approximate surface area is 251 Å². The Morgan fingerprint density at radius 3 is 1.31 bits per heavy atom. The summed E-state index contributed by atoms with van der Waals surface area (Å²) in [5.74, 6) is -0.713. The zero-order valence-corrected chi connectivity index (χ0v) is 23.0. The second-order valence-electron chi connectivity index (χ2n) is 10.7. The maximum atomic E-state index is 14.4. The molecule has 4 aromatic rings. The number of para-hydroxylation sites is 3. The van der Waals surface area contributed by atoms with Crippen molar-refractivity contribution < 1.29 is 40.7 Å². The first kappa shape index (κ1) is 28.4. The topological polar surface area (TPSA) is 63.5 Å². The molecular weight excluding hydrogens is 602 g/mol. The van der Waals surface area contributed by atoms with Crippen LogP contribution in [-0.4, -0.2) is 37.4 Å². The van der Waals surface area contributed by atoms with Gasteiger partial charge in [-0.1, -0.05) is 42.5 Å². The molecule has 3 heterocycles. The number of anilines is 6. The molecule has 3 aliphatic rings.